The third kappa shape index (κ3) is 3.57. The number of para-hydroxylation sites is 1. The van der Waals surface area contributed by atoms with Crippen LogP contribution in [0.1, 0.15) is 0 Å². The fourth-order valence-corrected chi connectivity index (χ4v) is 2.96. The SMILES string of the molecule is O=CC1C(=O)N(c2ccccc2)N(c2ccc(S(=O)(=O)[O-])cc2)C1=O.[Na+]. The number of carbonyl (C=O) groups is 3. The summed E-state index contributed by atoms with van der Waals surface area (Å²) in [5.41, 5.74) is 0.518. The van der Waals surface area contributed by atoms with Gasteiger partial charge in [-0.05, 0) is 36.4 Å². The van der Waals surface area contributed by atoms with Gasteiger partial charge < -0.3 is 9.35 Å². The van der Waals surface area contributed by atoms with Crippen LogP contribution in [-0.4, -0.2) is 31.1 Å². The standard InChI is InChI=1S/C16H12N2O6S.Na/c19-10-14-15(20)17(11-4-2-1-3-5-11)18(16(14)21)12-6-8-13(9-7-12)25(22,23)24;/h1-10,14H,(H,22,23,24);/q;+1/p-1. The van der Waals surface area contributed by atoms with Crippen LogP contribution in [0.2, 0.25) is 0 Å². The van der Waals surface area contributed by atoms with Crippen molar-refractivity contribution in [2.75, 3.05) is 10.0 Å². The van der Waals surface area contributed by atoms with E-state index in [4.69, 9.17) is 0 Å². The Balaban J connectivity index is 0.00000243. The number of benzene rings is 2. The zero-order valence-corrected chi connectivity index (χ0v) is 16.4. The molecule has 0 aliphatic carbocycles. The number of hydrogen-bond acceptors (Lipinski definition) is 6. The average Bonchev–Trinajstić information content (AvgIpc) is 2.85. The third-order valence-electron chi connectivity index (χ3n) is 3.66. The molecule has 1 atom stereocenters. The van der Waals surface area contributed by atoms with Gasteiger partial charge in [0.2, 0.25) is 0 Å². The van der Waals surface area contributed by atoms with Crippen molar-refractivity contribution in [3.05, 3.63) is 54.6 Å². The summed E-state index contributed by atoms with van der Waals surface area (Å²) in [6.45, 7) is 0. The number of nitrogens with zero attached hydrogens (tertiary/aromatic N) is 2. The zero-order chi connectivity index (χ0) is 18.2. The Morgan fingerprint density at radius 2 is 1.31 bits per heavy atom. The van der Waals surface area contributed by atoms with Gasteiger partial charge in [-0.3, -0.25) is 9.59 Å². The predicted octanol–water partition coefficient (Wildman–Crippen LogP) is -2.30. The van der Waals surface area contributed by atoms with Crippen LogP contribution in [-0.2, 0) is 24.5 Å². The Morgan fingerprint density at radius 3 is 1.73 bits per heavy atom. The Kier molecular flexibility index (Phi) is 5.99. The summed E-state index contributed by atoms with van der Waals surface area (Å²) in [7, 11) is -4.64. The van der Waals surface area contributed by atoms with E-state index >= 15 is 0 Å². The fourth-order valence-electron chi connectivity index (χ4n) is 2.49. The number of amides is 2. The molecule has 1 heterocycles. The van der Waals surface area contributed by atoms with E-state index in [0.29, 0.717) is 5.69 Å². The van der Waals surface area contributed by atoms with Crippen molar-refractivity contribution < 1.29 is 56.9 Å². The Hall–Kier alpha value is -2.04. The number of rotatable bonds is 4. The summed E-state index contributed by atoms with van der Waals surface area (Å²) >= 11 is 0. The van der Waals surface area contributed by atoms with Crippen LogP contribution < -0.4 is 39.6 Å². The minimum absolute atomic E-state index is 0. The first-order valence-electron chi connectivity index (χ1n) is 7.09. The molecule has 0 spiro atoms. The summed E-state index contributed by atoms with van der Waals surface area (Å²) in [5.74, 6) is -2.96. The molecular weight excluding hydrogens is 371 g/mol. The molecular formula is C16H11N2NaO6S. The molecule has 0 aromatic heterocycles. The number of carbonyl (C=O) groups excluding carboxylic acids is 3. The Bertz CT molecular complexity index is 946. The molecule has 0 radical (unpaired) electrons. The van der Waals surface area contributed by atoms with Gasteiger partial charge in [0.25, 0.3) is 11.8 Å². The van der Waals surface area contributed by atoms with Gasteiger partial charge in [0.05, 0.1) is 16.3 Å². The third-order valence-corrected chi connectivity index (χ3v) is 4.51. The molecule has 2 aromatic rings. The van der Waals surface area contributed by atoms with E-state index in [2.05, 4.69) is 0 Å². The molecule has 0 N–H and O–H groups in total. The van der Waals surface area contributed by atoms with Gasteiger partial charge in [-0.25, -0.2) is 18.4 Å². The second-order valence-corrected chi connectivity index (χ2v) is 6.58. The van der Waals surface area contributed by atoms with Crippen LogP contribution in [0.3, 0.4) is 0 Å². The van der Waals surface area contributed by atoms with Gasteiger partial charge in [0.1, 0.15) is 16.4 Å². The molecule has 0 saturated carbocycles. The minimum Gasteiger partial charge on any atom is -0.744 e. The van der Waals surface area contributed by atoms with E-state index in [0.717, 1.165) is 22.2 Å². The van der Waals surface area contributed by atoms with Crippen LogP contribution in [0.15, 0.2) is 59.5 Å². The number of aldehydes is 1. The van der Waals surface area contributed by atoms with Crippen molar-refractivity contribution in [1.29, 1.82) is 0 Å². The number of hydrogen-bond donors (Lipinski definition) is 0. The van der Waals surface area contributed by atoms with Crippen molar-refractivity contribution in [2.24, 2.45) is 5.92 Å². The molecule has 3 rings (SSSR count). The Labute approximate surface area is 171 Å². The van der Waals surface area contributed by atoms with E-state index < -0.39 is 32.7 Å². The summed E-state index contributed by atoms with van der Waals surface area (Å²) in [6.07, 6.45) is 0.261. The van der Waals surface area contributed by atoms with E-state index in [-0.39, 0.29) is 41.5 Å². The van der Waals surface area contributed by atoms with Crippen LogP contribution in [0, 0.1) is 5.92 Å². The largest absolute Gasteiger partial charge is 1.00 e. The average molecular weight is 382 g/mol. The molecule has 10 heteroatoms. The maximum Gasteiger partial charge on any atom is 1.00 e. The second kappa shape index (κ2) is 7.68. The van der Waals surface area contributed by atoms with Gasteiger partial charge in [0, 0.05) is 0 Å². The number of hydrazine groups is 1. The van der Waals surface area contributed by atoms with E-state index in [9.17, 15) is 27.4 Å². The number of anilines is 2. The van der Waals surface area contributed by atoms with Crippen LogP contribution in [0.25, 0.3) is 0 Å². The minimum atomic E-state index is -4.64. The van der Waals surface area contributed by atoms with E-state index in [1.165, 1.54) is 12.1 Å². The zero-order valence-electron chi connectivity index (χ0n) is 13.6. The van der Waals surface area contributed by atoms with Crippen LogP contribution in [0.5, 0.6) is 0 Å². The van der Waals surface area contributed by atoms with Gasteiger partial charge >= 0.3 is 29.6 Å². The van der Waals surface area contributed by atoms with Crippen molar-refractivity contribution in [3.63, 3.8) is 0 Å². The van der Waals surface area contributed by atoms with Crippen LogP contribution in [0.4, 0.5) is 11.4 Å². The normalized spacial score (nSPS) is 17.2. The van der Waals surface area contributed by atoms with Crippen molar-refractivity contribution in [3.8, 4) is 0 Å². The molecule has 1 unspecified atom stereocenters. The summed E-state index contributed by atoms with van der Waals surface area (Å²) < 4.78 is 33.1. The molecule has 1 fully saturated rings. The molecule has 1 aliphatic heterocycles. The van der Waals surface area contributed by atoms with Gasteiger partial charge in [-0.15, -0.1) is 0 Å². The van der Waals surface area contributed by atoms with Gasteiger partial charge in [0.15, 0.2) is 5.92 Å². The molecule has 2 aromatic carbocycles. The molecule has 1 aliphatic rings. The summed E-state index contributed by atoms with van der Waals surface area (Å²) in [4.78, 5) is 35.6. The molecule has 26 heavy (non-hydrogen) atoms. The second-order valence-electron chi connectivity index (χ2n) is 5.20. The smallest absolute Gasteiger partial charge is 0.744 e. The first-order chi connectivity index (χ1) is 11.8. The van der Waals surface area contributed by atoms with Gasteiger partial charge in [-0.1, -0.05) is 18.2 Å². The fraction of sp³-hybridized carbons (Fsp3) is 0.0625. The molecule has 2 amide bonds. The maximum absolute atomic E-state index is 12.5. The van der Waals surface area contributed by atoms with Crippen LogP contribution >= 0.6 is 0 Å². The Morgan fingerprint density at radius 1 is 0.846 bits per heavy atom. The monoisotopic (exact) mass is 382 g/mol. The first kappa shape index (κ1) is 20.3. The maximum atomic E-state index is 12.5. The molecule has 128 valence electrons. The van der Waals surface area contributed by atoms with E-state index in [1.807, 2.05) is 0 Å². The van der Waals surface area contributed by atoms with Crippen molar-refractivity contribution in [1.82, 2.24) is 0 Å². The first-order valence-corrected chi connectivity index (χ1v) is 8.49. The molecule has 8 nitrogen and oxygen atoms in total. The van der Waals surface area contributed by atoms with Gasteiger partial charge in [-0.2, -0.15) is 0 Å². The molecule has 1 saturated heterocycles. The van der Waals surface area contributed by atoms with Crippen molar-refractivity contribution in [2.45, 2.75) is 4.90 Å². The molecule has 0 bridgehead atoms. The quantitative estimate of drug-likeness (QED) is 0.254. The summed E-state index contributed by atoms with van der Waals surface area (Å²) in [5, 5.41) is 2.03. The topological polar surface area (TPSA) is 115 Å². The van der Waals surface area contributed by atoms with E-state index in [1.54, 1.807) is 30.3 Å². The predicted molar refractivity (Wildman–Crippen MR) is 85.4 cm³/mol. The van der Waals surface area contributed by atoms with Crippen molar-refractivity contribution >= 4 is 39.6 Å². The summed E-state index contributed by atoms with van der Waals surface area (Å²) in [6, 6.07) is 12.7.